The van der Waals surface area contributed by atoms with Gasteiger partial charge in [-0.3, -0.25) is 9.69 Å². The lowest BCUT2D eigenvalue weighted by molar-refractivity contribution is -0.136. The summed E-state index contributed by atoms with van der Waals surface area (Å²) in [5, 5.41) is 11.7. The van der Waals surface area contributed by atoms with Crippen LogP contribution < -0.4 is 4.90 Å². The zero-order valence-corrected chi connectivity index (χ0v) is 12.6. The molecule has 0 bridgehead atoms. The number of thiazole rings is 1. The summed E-state index contributed by atoms with van der Waals surface area (Å²) in [6, 6.07) is 1.10. The van der Waals surface area contributed by atoms with Crippen molar-refractivity contribution in [1.82, 2.24) is 9.88 Å². The monoisotopic (exact) mass is 295 g/mol. The Bertz CT molecular complexity index is 491. The SMILES string of the molecule is CC1CN2CCCCC2CN1c1nc(CC(=O)O)cs1. The van der Waals surface area contributed by atoms with Crippen LogP contribution in [0.15, 0.2) is 5.38 Å². The molecule has 2 aliphatic rings. The minimum Gasteiger partial charge on any atom is -0.481 e. The summed E-state index contributed by atoms with van der Waals surface area (Å²) in [6.07, 6.45) is 3.94. The van der Waals surface area contributed by atoms with Crippen molar-refractivity contribution in [2.75, 3.05) is 24.5 Å². The molecule has 0 amide bonds. The lowest BCUT2D eigenvalue weighted by atomic mass is 9.97. The molecule has 5 nitrogen and oxygen atoms in total. The molecule has 2 aliphatic heterocycles. The highest BCUT2D eigenvalue weighted by atomic mass is 32.1. The van der Waals surface area contributed by atoms with E-state index >= 15 is 0 Å². The summed E-state index contributed by atoms with van der Waals surface area (Å²) in [7, 11) is 0. The van der Waals surface area contributed by atoms with E-state index in [9.17, 15) is 4.79 Å². The fourth-order valence-electron chi connectivity index (χ4n) is 3.28. The second-order valence-electron chi connectivity index (χ2n) is 5.84. The van der Waals surface area contributed by atoms with Crippen molar-refractivity contribution in [2.45, 2.75) is 44.7 Å². The fraction of sp³-hybridized carbons (Fsp3) is 0.714. The summed E-state index contributed by atoms with van der Waals surface area (Å²) in [6.45, 7) is 5.59. The average Bonchev–Trinajstić information content (AvgIpc) is 2.85. The van der Waals surface area contributed by atoms with Gasteiger partial charge in [-0.2, -0.15) is 0 Å². The van der Waals surface area contributed by atoms with Crippen LogP contribution >= 0.6 is 11.3 Å². The molecule has 2 fully saturated rings. The van der Waals surface area contributed by atoms with E-state index in [1.54, 1.807) is 11.3 Å². The standard InChI is InChI=1S/C14H21N3O2S/c1-10-7-16-5-3-2-4-12(16)8-17(10)14-15-11(9-20-14)6-13(18)19/h9-10,12H,2-8H2,1H3,(H,18,19). The van der Waals surface area contributed by atoms with Gasteiger partial charge in [0.15, 0.2) is 5.13 Å². The third kappa shape index (κ3) is 2.81. The van der Waals surface area contributed by atoms with Gasteiger partial charge in [-0.05, 0) is 26.3 Å². The van der Waals surface area contributed by atoms with Gasteiger partial charge in [0.25, 0.3) is 0 Å². The molecular formula is C14H21N3O2S. The zero-order chi connectivity index (χ0) is 14.1. The molecule has 1 N–H and O–H groups in total. The maximum Gasteiger partial charge on any atom is 0.309 e. The van der Waals surface area contributed by atoms with Crippen LogP contribution in [-0.2, 0) is 11.2 Å². The minimum atomic E-state index is -0.813. The maximum atomic E-state index is 10.8. The topological polar surface area (TPSA) is 56.7 Å². The van der Waals surface area contributed by atoms with Gasteiger partial charge in [0, 0.05) is 30.6 Å². The maximum absolute atomic E-state index is 10.8. The van der Waals surface area contributed by atoms with E-state index in [0.29, 0.717) is 17.8 Å². The van der Waals surface area contributed by atoms with E-state index in [1.165, 1.54) is 25.8 Å². The van der Waals surface area contributed by atoms with E-state index in [1.807, 2.05) is 5.38 Å². The first-order valence-electron chi connectivity index (χ1n) is 7.30. The number of anilines is 1. The molecule has 3 heterocycles. The van der Waals surface area contributed by atoms with Crippen molar-refractivity contribution in [1.29, 1.82) is 0 Å². The molecule has 2 unspecified atom stereocenters. The highest BCUT2D eigenvalue weighted by Gasteiger charge is 2.34. The molecule has 20 heavy (non-hydrogen) atoms. The van der Waals surface area contributed by atoms with Gasteiger partial charge in [-0.1, -0.05) is 6.42 Å². The smallest absolute Gasteiger partial charge is 0.309 e. The van der Waals surface area contributed by atoms with Crippen LogP contribution in [0.5, 0.6) is 0 Å². The molecule has 0 radical (unpaired) electrons. The lowest BCUT2D eigenvalue weighted by Gasteiger charge is -2.47. The van der Waals surface area contributed by atoms with Crippen LogP contribution in [0.3, 0.4) is 0 Å². The van der Waals surface area contributed by atoms with Crippen molar-refractivity contribution < 1.29 is 9.90 Å². The second-order valence-corrected chi connectivity index (χ2v) is 6.67. The number of hydrogen-bond donors (Lipinski definition) is 1. The number of hydrogen-bond acceptors (Lipinski definition) is 5. The van der Waals surface area contributed by atoms with Crippen LogP contribution in [0.4, 0.5) is 5.13 Å². The van der Waals surface area contributed by atoms with E-state index < -0.39 is 5.97 Å². The van der Waals surface area contributed by atoms with E-state index in [4.69, 9.17) is 5.11 Å². The number of piperazine rings is 1. The van der Waals surface area contributed by atoms with Crippen molar-refractivity contribution in [3.8, 4) is 0 Å². The number of rotatable bonds is 3. The number of piperidine rings is 1. The van der Waals surface area contributed by atoms with Gasteiger partial charge < -0.3 is 10.0 Å². The highest BCUT2D eigenvalue weighted by Crippen LogP contribution is 2.30. The first-order chi connectivity index (χ1) is 9.63. The largest absolute Gasteiger partial charge is 0.481 e. The third-order valence-corrected chi connectivity index (χ3v) is 5.23. The quantitative estimate of drug-likeness (QED) is 0.922. The van der Waals surface area contributed by atoms with Gasteiger partial charge in [-0.15, -0.1) is 11.3 Å². The lowest BCUT2D eigenvalue weighted by Crippen LogP contribution is -2.58. The van der Waals surface area contributed by atoms with Crippen LogP contribution in [0.2, 0.25) is 0 Å². The molecule has 0 aliphatic carbocycles. The van der Waals surface area contributed by atoms with Crippen molar-refractivity contribution in [2.24, 2.45) is 0 Å². The normalized spacial score (nSPS) is 27.4. The third-order valence-electron chi connectivity index (χ3n) is 4.30. The second kappa shape index (κ2) is 5.69. The van der Waals surface area contributed by atoms with Gasteiger partial charge in [0.05, 0.1) is 12.1 Å². The number of fused-ring (bicyclic) bond motifs is 1. The number of nitrogens with zero attached hydrogens (tertiary/aromatic N) is 3. The highest BCUT2D eigenvalue weighted by molar-refractivity contribution is 7.13. The number of carboxylic acids is 1. The van der Waals surface area contributed by atoms with Crippen LogP contribution in [0.1, 0.15) is 31.9 Å². The Balaban J connectivity index is 1.72. The van der Waals surface area contributed by atoms with Crippen molar-refractivity contribution >= 4 is 22.4 Å². The number of carboxylic acid groups (broad SMARTS) is 1. The Labute approximate surface area is 123 Å². The van der Waals surface area contributed by atoms with E-state index in [2.05, 4.69) is 21.7 Å². The number of carbonyl (C=O) groups is 1. The predicted molar refractivity (Wildman–Crippen MR) is 79.5 cm³/mol. The van der Waals surface area contributed by atoms with Crippen LogP contribution in [0.25, 0.3) is 0 Å². The molecule has 110 valence electrons. The molecule has 0 aromatic carbocycles. The summed E-state index contributed by atoms with van der Waals surface area (Å²) < 4.78 is 0. The Morgan fingerprint density at radius 3 is 3.15 bits per heavy atom. The molecule has 6 heteroatoms. The van der Waals surface area contributed by atoms with E-state index in [-0.39, 0.29) is 6.42 Å². The van der Waals surface area contributed by atoms with Crippen molar-refractivity contribution in [3.05, 3.63) is 11.1 Å². The Kier molecular flexibility index (Phi) is 3.94. The fourth-order valence-corrected chi connectivity index (χ4v) is 4.22. The summed E-state index contributed by atoms with van der Waals surface area (Å²) in [5.41, 5.74) is 0.677. The summed E-state index contributed by atoms with van der Waals surface area (Å²) in [4.78, 5) is 20.2. The molecule has 0 saturated carbocycles. The summed E-state index contributed by atoms with van der Waals surface area (Å²) >= 11 is 1.57. The molecule has 2 atom stereocenters. The summed E-state index contributed by atoms with van der Waals surface area (Å²) in [5.74, 6) is -0.813. The number of aromatic nitrogens is 1. The molecule has 2 saturated heterocycles. The van der Waals surface area contributed by atoms with Crippen molar-refractivity contribution in [3.63, 3.8) is 0 Å². The van der Waals surface area contributed by atoms with Gasteiger partial charge in [0.2, 0.25) is 0 Å². The first-order valence-corrected chi connectivity index (χ1v) is 8.18. The molecule has 0 spiro atoms. The predicted octanol–water partition coefficient (Wildman–Crippen LogP) is 1.83. The van der Waals surface area contributed by atoms with Gasteiger partial charge >= 0.3 is 5.97 Å². The number of aliphatic carboxylic acids is 1. The average molecular weight is 295 g/mol. The zero-order valence-electron chi connectivity index (χ0n) is 11.8. The van der Waals surface area contributed by atoms with Crippen LogP contribution in [0, 0.1) is 0 Å². The Morgan fingerprint density at radius 2 is 2.35 bits per heavy atom. The Morgan fingerprint density at radius 1 is 1.50 bits per heavy atom. The van der Waals surface area contributed by atoms with Gasteiger partial charge in [-0.25, -0.2) is 4.98 Å². The van der Waals surface area contributed by atoms with Gasteiger partial charge in [0.1, 0.15) is 0 Å². The van der Waals surface area contributed by atoms with E-state index in [0.717, 1.165) is 18.2 Å². The molecule has 1 aromatic rings. The molecule has 3 rings (SSSR count). The first kappa shape index (κ1) is 13.8. The van der Waals surface area contributed by atoms with Crippen LogP contribution in [-0.4, -0.2) is 52.7 Å². The molecule has 1 aromatic heterocycles. The molecular weight excluding hydrogens is 274 g/mol. The minimum absolute atomic E-state index is 0.0221. The Hall–Kier alpha value is -1.14.